The highest BCUT2D eigenvalue weighted by molar-refractivity contribution is 6.15. The molecular weight excluding hydrogens is 675 g/mol. The van der Waals surface area contributed by atoms with Gasteiger partial charge in [0.05, 0.1) is 11.8 Å². The van der Waals surface area contributed by atoms with Crippen molar-refractivity contribution < 1.29 is 8.83 Å². The SMILES string of the molecule is C1=CC/C(c2ccc3c(c2)oc2ccccc23)=N\C(C2Cc3ccccc3-c3ccccc3N2c2ccccc2)=N/C=1c1ccc2c(c1)oc1ccccc12. The molecule has 0 spiro atoms. The van der Waals surface area contributed by atoms with Gasteiger partial charge in [0.2, 0.25) is 0 Å². The fraction of sp³-hybridized carbons (Fsp3) is 0.0600. The van der Waals surface area contributed by atoms with Crippen LogP contribution in [0.5, 0.6) is 0 Å². The molecule has 1 atom stereocenters. The fourth-order valence-electron chi connectivity index (χ4n) is 8.31. The lowest BCUT2D eigenvalue weighted by Crippen LogP contribution is -2.39. The predicted molar refractivity (Wildman–Crippen MR) is 225 cm³/mol. The van der Waals surface area contributed by atoms with Crippen molar-refractivity contribution in [2.45, 2.75) is 18.9 Å². The fourth-order valence-corrected chi connectivity index (χ4v) is 8.31. The first-order valence-electron chi connectivity index (χ1n) is 18.7. The smallest absolute Gasteiger partial charge is 0.153 e. The second-order valence-electron chi connectivity index (χ2n) is 14.1. The summed E-state index contributed by atoms with van der Waals surface area (Å²) in [6.45, 7) is 0. The van der Waals surface area contributed by atoms with E-state index in [0.717, 1.165) is 72.1 Å². The van der Waals surface area contributed by atoms with Crippen LogP contribution in [-0.4, -0.2) is 17.6 Å². The Morgan fingerprint density at radius 1 is 0.527 bits per heavy atom. The monoisotopic (exact) mass is 707 g/mol. The topological polar surface area (TPSA) is 54.2 Å². The predicted octanol–water partition coefficient (Wildman–Crippen LogP) is 12.7. The number of allylic oxidation sites excluding steroid dienone is 1. The van der Waals surface area contributed by atoms with E-state index in [9.17, 15) is 0 Å². The van der Waals surface area contributed by atoms with Gasteiger partial charge < -0.3 is 13.7 Å². The molecule has 0 saturated heterocycles. The molecule has 0 amide bonds. The van der Waals surface area contributed by atoms with Crippen LogP contribution in [0.3, 0.4) is 0 Å². The van der Waals surface area contributed by atoms with Crippen molar-refractivity contribution in [2.24, 2.45) is 9.98 Å². The molecule has 7 aromatic carbocycles. The zero-order chi connectivity index (χ0) is 36.3. The molecule has 2 aromatic heterocycles. The normalized spacial score (nSPS) is 17.5. The maximum absolute atomic E-state index is 6.35. The zero-order valence-electron chi connectivity index (χ0n) is 29.8. The highest BCUT2D eigenvalue weighted by Gasteiger charge is 2.33. The van der Waals surface area contributed by atoms with E-state index in [1.54, 1.807) is 0 Å². The first kappa shape index (κ1) is 31.3. The summed E-state index contributed by atoms with van der Waals surface area (Å²) in [7, 11) is 0. The van der Waals surface area contributed by atoms with E-state index in [1.807, 2.05) is 36.4 Å². The van der Waals surface area contributed by atoms with Gasteiger partial charge in [-0.3, -0.25) is 0 Å². The summed E-state index contributed by atoms with van der Waals surface area (Å²) in [6, 6.07) is 56.9. The van der Waals surface area contributed by atoms with E-state index in [4.69, 9.17) is 18.8 Å². The maximum atomic E-state index is 6.35. The van der Waals surface area contributed by atoms with E-state index < -0.39 is 0 Å². The van der Waals surface area contributed by atoms with Crippen molar-refractivity contribution in [1.82, 2.24) is 0 Å². The van der Waals surface area contributed by atoms with Gasteiger partial charge in [-0.2, -0.15) is 0 Å². The lowest BCUT2D eigenvalue weighted by molar-refractivity contribution is 0.668. The van der Waals surface area contributed by atoms with Crippen molar-refractivity contribution in [3.8, 4) is 11.1 Å². The quantitative estimate of drug-likeness (QED) is 0.171. The summed E-state index contributed by atoms with van der Waals surface area (Å²) in [5.41, 5.74) is 16.4. The average molecular weight is 708 g/mol. The number of rotatable bonds is 4. The van der Waals surface area contributed by atoms with Gasteiger partial charge in [-0.25, -0.2) is 9.98 Å². The Labute approximate surface area is 317 Å². The van der Waals surface area contributed by atoms with Crippen LogP contribution < -0.4 is 4.90 Å². The van der Waals surface area contributed by atoms with Crippen molar-refractivity contribution >= 4 is 72.5 Å². The van der Waals surface area contributed by atoms with E-state index >= 15 is 0 Å². The lowest BCUT2D eigenvalue weighted by atomic mass is 9.96. The molecule has 0 aliphatic carbocycles. The van der Waals surface area contributed by atoms with Gasteiger partial charge in [0, 0.05) is 62.5 Å². The number of para-hydroxylation sites is 4. The summed E-state index contributed by atoms with van der Waals surface area (Å²) in [4.78, 5) is 13.5. The number of furan rings is 2. The van der Waals surface area contributed by atoms with Crippen LogP contribution in [0.1, 0.15) is 23.1 Å². The zero-order valence-corrected chi connectivity index (χ0v) is 29.8. The van der Waals surface area contributed by atoms with E-state index in [-0.39, 0.29) is 6.04 Å². The molecule has 2 aliphatic rings. The Morgan fingerprint density at radius 2 is 1.13 bits per heavy atom. The minimum atomic E-state index is -0.262. The van der Waals surface area contributed by atoms with Crippen LogP contribution in [0.15, 0.2) is 194 Å². The molecule has 2 aliphatic heterocycles. The summed E-state index contributed by atoms with van der Waals surface area (Å²) >= 11 is 0. The van der Waals surface area contributed by atoms with Gasteiger partial charge in [0.1, 0.15) is 28.0 Å². The molecule has 0 saturated carbocycles. The second kappa shape index (κ2) is 12.7. The van der Waals surface area contributed by atoms with Crippen molar-refractivity contribution in [2.75, 3.05) is 4.90 Å². The van der Waals surface area contributed by atoms with Crippen molar-refractivity contribution in [3.63, 3.8) is 0 Å². The Balaban J connectivity index is 1.13. The molecule has 4 heterocycles. The molecule has 1 unspecified atom stereocenters. The van der Waals surface area contributed by atoms with Gasteiger partial charge in [0.15, 0.2) is 5.84 Å². The van der Waals surface area contributed by atoms with E-state index in [1.165, 1.54) is 16.7 Å². The molecule has 55 heavy (non-hydrogen) atoms. The Bertz CT molecular complexity index is 3100. The van der Waals surface area contributed by atoms with Crippen LogP contribution in [0, 0.1) is 0 Å². The van der Waals surface area contributed by atoms with Crippen LogP contribution in [-0.2, 0) is 6.42 Å². The number of anilines is 2. The number of amidine groups is 1. The lowest BCUT2D eigenvalue weighted by Gasteiger charge is -2.33. The minimum absolute atomic E-state index is 0.262. The van der Waals surface area contributed by atoms with Gasteiger partial charge in [-0.05, 0) is 71.8 Å². The second-order valence-corrected chi connectivity index (χ2v) is 14.1. The highest BCUT2D eigenvalue weighted by atomic mass is 16.3. The molecule has 5 heteroatoms. The van der Waals surface area contributed by atoms with E-state index in [0.29, 0.717) is 24.4 Å². The Kier molecular flexibility index (Phi) is 7.26. The van der Waals surface area contributed by atoms with Gasteiger partial charge in [-0.1, -0.05) is 115 Å². The van der Waals surface area contributed by atoms with E-state index in [2.05, 4.69) is 144 Å². The largest absolute Gasteiger partial charge is 0.456 e. The van der Waals surface area contributed by atoms with Crippen LogP contribution in [0.2, 0.25) is 0 Å². The van der Waals surface area contributed by atoms with Crippen LogP contribution >= 0.6 is 0 Å². The summed E-state index contributed by atoms with van der Waals surface area (Å²) < 4.78 is 12.7. The Hall–Kier alpha value is -7.20. The number of benzene rings is 7. The molecule has 0 bridgehead atoms. The number of nitrogens with zero attached hydrogens (tertiary/aromatic N) is 3. The molecule has 5 nitrogen and oxygen atoms in total. The molecule has 0 N–H and O–H groups in total. The Morgan fingerprint density at radius 3 is 1.89 bits per heavy atom. The van der Waals surface area contributed by atoms with Gasteiger partial charge in [-0.15, -0.1) is 0 Å². The highest BCUT2D eigenvalue weighted by Crippen LogP contribution is 2.43. The number of hydrogen-bond acceptors (Lipinski definition) is 5. The molecule has 260 valence electrons. The van der Waals surface area contributed by atoms with Gasteiger partial charge in [0.25, 0.3) is 0 Å². The molecule has 0 radical (unpaired) electrons. The molecule has 11 rings (SSSR count). The molecular formula is C50H33N3O2. The summed E-state index contributed by atoms with van der Waals surface area (Å²) in [5, 5.41) is 4.37. The summed E-state index contributed by atoms with van der Waals surface area (Å²) in [6.07, 6.45) is 3.30. The van der Waals surface area contributed by atoms with Crippen LogP contribution in [0.4, 0.5) is 11.4 Å². The minimum Gasteiger partial charge on any atom is -0.456 e. The van der Waals surface area contributed by atoms with Crippen molar-refractivity contribution in [3.05, 3.63) is 192 Å². The van der Waals surface area contributed by atoms with Gasteiger partial charge >= 0.3 is 0 Å². The average Bonchev–Trinajstić information content (AvgIpc) is 3.74. The van der Waals surface area contributed by atoms with Crippen molar-refractivity contribution in [1.29, 1.82) is 0 Å². The number of hydrogen-bond donors (Lipinski definition) is 0. The summed E-state index contributed by atoms with van der Waals surface area (Å²) in [5.74, 6) is 0.704. The third-order valence-electron chi connectivity index (χ3n) is 10.9. The maximum Gasteiger partial charge on any atom is 0.153 e. The third-order valence-corrected chi connectivity index (χ3v) is 10.9. The third kappa shape index (κ3) is 5.33. The van der Waals surface area contributed by atoms with Crippen LogP contribution in [0.25, 0.3) is 60.7 Å². The first-order valence-corrected chi connectivity index (χ1v) is 18.7. The number of fused-ring (bicyclic) bond motifs is 9. The first-order chi connectivity index (χ1) is 27.2. The standard InChI is InChI=1S/C50H33N3O2/c1-2-14-35(15-3-1)53-44-22-9-6-17-37(44)36-16-5-4-13-32(36)29-45(53)50-51-42(33-25-27-40-38-18-7-10-23-46(38)54-48(40)30-33)20-12-21-43(52-50)34-26-28-41-39-19-8-11-24-47(39)55-49(41)31-34/h1-19,22-28,30-31,45H,20,29H2/b51-42+,52-50-. The molecule has 9 aromatic rings. The number of aliphatic imine (C=N–C) groups is 2. The molecule has 0 fully saturated rings.